The van der Waals surface area contributed by atoms with Gasteiger partial charge in [0.2, 0.25) is 10.0 Å². The number of aliphatic imine (C=N–C) groups is 1. The Morgan fingerprint density at radius 3 is 2.74 bits per heavy atom. The molecule has 1 fully saturated rings. The number of thiophene rings is 1. The number of rotatable bonds is 9. The van der Waals surface area contributed by atoms with Crippen LogP contribution in [0.1, 0.15) is 25.3 Å². The van der Waals surface area contributed by atoms with Crippen molar-refractivity contribution in [3.8, 4) is 0 Å². The SMILES string of the molecule is CCNC(=NCCNS(=O)(=O)c1cccs1)NC1CCCN(Cc2ccccc2)C1.I. The molecule has 0 amide bonds. The number of hydrogen-bond donors (Lipinski definition) is 3. The minimum Gasteiger partial charge on any atom is -0.357 e. The van der Waals surface area contributed by atoms with Crippen molar-refractivity contribution in [1.82, 2.24) is 20.3 Å². The number of guanidine groups is 1. The standard InChI is InChI=1S/C21H31N5O2S2.HI/c1-2-22-21(23-12-13-24-30(27,28)20-11-7-15-29-20)25-19-10-6-14-26(17-19)16-18-8-4-3-5-9-18;/h3-5,7-9,11,15,19,24H,2,6,10,12-14,16-17H2,1H3,(H2,22,23,25);1H. The summed E-state index contributed by atoms with van der Waals surface area (Å²) >= 11 is 1.21. The van der Waals surface area contributed by atoms with E-state index in [0.29, 0.717) is 16.8 Å². The first-order chi connectivity index (χ1) is 14.6. The number of sulfonamides is 1. The molecule has 10 heteroatoms. The summed E-state index contributed by atoms with van der Waals surface area (Å²) in [6, 6.07) is 14.2. The largest absolute Gasteiger partial charge is 0.357 e. The molecule has 1 saturated heterocycles. The second-order valence-electron chi connectivity index (χ2n) is 7.29. The minimum atomic E-state index is -3.44. The van der Waals surface area contributed by atoms with Gasteiger partial charge in [0.1, 0.15) is 4.21 Å². The predicted octanol–water partition coefficient (Wildman–Crippen LogP) is 2.86. The molecule has 1 atom stereocenters. The molecule has 0 bridgehead atoms. The van der Waals surface area contributed by atoms with Gasteiger partial charge in [-0.3, -0.25) is 9.89 Å². The van der Waals surface area contributed by atoms with E-state index in [1.807, 2.05) is 13.0 Å². The summed E-state index contributed by atoms with van der Waals surface area (Å²) < 4.78 is 27.3. The first-order valence-corrected chi connectivity index (χ1v) is 12.8. The van der Waals surface area contributed by atoms with Crippen LogP contribution >= 0.6 is 35.3 Å². The van der Waals surface area contributed by atoms with Crippen molar-refractivity contribution in [3.63, 3.8) is 0 Å². The van der Waals surface area contributed by atoms with Gasteiger partial charge in [0.15, 0.2) is 5.96 Å². The van der Waals surface area contributed by atoms with Crippen molar-refractivity contribution in [3.05, 3.63) is 53.4 Å². The van der Waals surface area contributed by atoms with Gasteiger partial charge in [-0.25, -0.2) is 13.1 Å². The Bertz CT molecular complexity index is 892. The molecular formula is C21H32IN5O2S2. The zero-order chi connectivity index (χ0) is 21.2. The number of halogens is 1. The topological polar surface area (TPSA) is 85.8 Å². The summed E-state index contributed by atoms with van der Waals surface area (Å²) in [5.41, 5.74) is 1.33. The van der Waals surface area contributed by atoms with Gasteiger partial charge in [-0.05, 0) is 43.3 Å². The second kappa shape index (κ2) is 13.4. The quantitative estimate of drug-likeness (QED) is 0.185. The molecule has 1 aromatic carbocycles. The first kappa shape index (κ1) is 26.0. The highest BCUT2D eigenvalue weighted by molar-refractivity contribution is 14.0. The number of nitrogens with zero attached hydrogens (tertiary/aromatic N) is 2. The molecule has 172 valence electrons. The Hall–Kier alpha value is -1.21. The number of benzene rings is 1. The molecule has 2 heterocycles. The fourth-order valence-corrected chi connectivity index (χ4v) is 5.57. The highest BCUT2D eigenvalue weighted by Crippen LogP contribution is 2.15. The maximum atomic E-state index is 12.2. The van der Waals surface area contributed by atoms with Gasteiger partial charge in [-0.2, -0.15) is 0 Å². The minimum absolute atomic E-state index is 0. The van der Waals surface area contributed by atoms with E-state index in [1.54, 1.807) is 17.5 Å². The van der Waals surface area contributed by atoms with Crippen LogP contribution in [0.2, 0.25) is 0 Å². The summed E-state index contributed by atoms with van der Waals surface area (Å²) in [6.07, 6.45) is 2.24. The van der Waals surface area contributed by atoms with Crippen LogP contribution in [-0.4, -0.2) is 58.0 Å². The van der Waals surface area contributed by atoms with Crippen molar-refractivity contribution < 1.29 is 8.42 Å². The third-order valence-corrected chi connectivity index (χ3v) is 7.73. The van der Waals surface area contributed by atoms with Crippen molar-refractivity contribution >= 4 is 51.3 Å². The van der Waals surface area contributed by atoms with Crippen LogP contribution in [0.5, 0.6) is 0 Å². The van der Waals surface area contributed by atoms with E-state index in [2.05, 4.69) is 49.5 Å². The highest BCUT2D eigenvalue weighted by atomic mass is 127. The average Bonchev–Trinajstić information content (AvgIpc) is 3.28. The molecule has 0 saturated carbocycles. The molecule has 31 heavy (non-hydrogen) atoms. The van der Waals surface area contributed by atoms with E-state index in [-0.39, 0.29) is 30.5 Å². The molecule has 1 aromatic heterocycles. The third kappa shape index (κ3) is 8.68. The lowest BCUT2D eigenvalue weighted by atomic mass is 10.0. The zero-order valence-electron chi connectivity index (χ0n) is 17.8. The molecule has 0 radical (unpaired) electrons. The zero-order valence-corrected chi connectivity index (χ0v) is 21.8. The summed E-state index contributed by atoms with van der Waals surface area (Å²) in [7, 11) is -3.44. The third-order valence-electron chi connectivity index (χ3n) is 4.87. The molecule has 3 rings (SSSR count). The van der Waals surface area contributed by atoms with Crippen molar-refractivity contribution in [1.29, 1.82) is 0 Å². The van der Waals surface area contributed by atoms with Crippen LogP contribution in [-0.2, 0) is 16.6 Å². The fraction of sp³-hybridized carbons (Fsp3) is 0.476. The maximum absolute atomic E-state index is 12.2. The molecular weight excluding hydrogens is 545 g/mol. The van der Waals surface area contributed by atoms with Gasteiger partial charge in [0, 0.05) is 32.2 Å². The van der Waals surface area contributed by atoms with Gasteiger partial charge in [-0.1, -0.05) is 36.4 Å². The molecule has 1 unspecified atom stereocenters. The molecule has 0 aliphatic carbocycles. The van der Waals surface area contributed by atoms with Crippen molar-refractivity contribution in [2.24, 2.45) is 4.99 Å². The number of likely N-dealkylation sites (tertiary alicyclic amines) is 1. The second-order valence-corrected chi connectivity index (χ2v) is 10.2. The average molecular weight is 578 g/mol. The summed E-state index contributed by atoms with van der Waals surface area (Å²) in [5, 5.41) is 8.54. The fourth-order valence-electron chi connectivity index (χ4n) is 3.51. The van der Waals surface area contributed by atoms with Gasteiger partial charge < -0.3 is 10.6 Å². The van der Waals surface area contributed by atoms with Gasteiger partial charge in [-0.15, -0.1) is 35.3 Å². The monoisotopic (exact) mass is 577 g/mol. The predicted molar refractivity (Wildman–Crippen MR) is 139 cm³/mol. The summed E-state index contributed by atoms with van der Waals surface area (Å²) in [4.78, 5) is 7.02. The van der Waals surface area contributed by atoms with Crippen LogP contribution in [0.15, 0.2) is 57.0 Å². The summed E-state index contributed by atoms with van der Waals surface area (Å²) in [6.45, 7) is 6.45. The van der Waals surface area contributed by atoms with Crippen LogP contribution in [0.25, 0.3) is 0 Å². The van der Waals surface area contributed by atoms with Crippen molar-refractivity contribution in [2.45, 2.75) is 36.6 Å². The van der Waals surface area contributed by atoms with Gasteiger partial charge in [0.05, 0.1) is 6.54 Å². The molecule has 2 aromatic rings. The van der Waals surface area contributed by atoms with E-state index in [1.165, 1.54) is 16.9 Å². The number of hydrogen-bond acceptors (Lipinski definition) is 5. The van der Waals surface area contributed by atoms with Gasteiger partial charge >= 0.3 is 0 Å². The van der Waals surface area contributed by atoms with E-state index in [0.717, 1.165) is 45.0 Å². The number of nitrogens with one attached hydrogen (secondary N) is 3. The highest BCUT2D eigenvalue weighted by Gasteiger charge is 2.21. The van der Waals surface area contributed by atoms with E-state index < -0.39 is 10.0 Å². The van der Waals surface area contributed by atoms with Crippen LogP contribution in [0.4, 0.5) is 0 Å². The number of piperidine rings is 1. The Balaban J connectivity index is 0.00000341. The molecule has 0 spiro atoms. The van der Waals surface area contributed by atoms with E-state index in [9.17, 15) is 8.42 Å². The Labute approximate surface area is 206 Å². The molecule has 7 nitrogen and oxygen atoms in total. The first-order valence-electron chi connectivity index (χ1n) is 10.4. The Kier molecular flexibility index (Phi) is 11.2. The van der Waals surface area contributed by atoms with Crippen molar-refractivity contribution in [2.75, 3.05) is 32.7 Å². The Morgan fingerprint density at radius 2 is 2.03 bits per heavy atom. The molecule has 1 aliphatic heterocycles. The van der Waals surface area contributed by atoms with Crippen LogP contribution in [0, 0.1) is 0 Å². The van der Waals surface area contributed by atoms with Crippen LogP contribution in [0.3, 0.4) is 0 Å². The van der Waals surface area contributed by atoms with Crippen LogP contribution < -0.4 is 15.4 Å². The smallest absolute Gasteiger partial charge is 0.250 e. The summed E-state index contributed by atoms with van der Waals surface area (Å²) in [5.74, 6) is 0.736. The lowest BCUT2D eigenvalue weighted by molar-refractivity contribution is 0.192. The van der Waals surface area contributed by atoms with E-state index >= 15 is 0 Å². The molecule has 1 aliphatic rings. The molecule has 3 N–H and O–H groups in total. The maximum Gasteiger partial charge on any atom is 0.250 e. The van der Waals surface area contributed by atoms with Gasteiger partial charge in [0.25, 0.3) is 0 Å². The van der Waals surface area contributed by atoms with E-state index in [4.69, 9.17) is 0 Å². The lowest BCUT2D eigenvalue weighted by Gasteiger charge is -2.34. The normalized spacial score (nSPS) is 17.7. The Morgan fingerprint density at radius 1 is 1.23 bits per heavy atom. The lowest BCUT2D eigenvalue weighted by Crippen LogP contribution is -2.51.